The summed E-state index contributed by atoms with van der Waals surface area (Å²) in [7, 11) is 5.05. The fraction of sp³-hybridized carbons (Fsp3) is 0.238. The third-order valence-electron chi connectivity index (χ3n) is 4.84. The minimum Gasteiger partial charge on any atom is -0.497 e. The van der Waals surface area contributed by atoms with Gasteiger partial charge in [0.15, 0.2) is 0 Å². The molecule has 9 nitrogen and oxygen atoms in total. The Morgan fingerprint density at radius 1 is 1.13 bits per heavy atom. The zero-order valence-electron chi connectivity index (χ0n) is 16.9. The maximum absolute atomic E-state index is 13.0. The number of carbonyl (C=O) groups is 1. The molecule has 0 bridgehead atoms. The number of carbonyl (C=O) groups excluding carboxylic acids is 1. The normalized spacial score (nSPS) is 12.0. The predicted octanol–water partition coefficient (Wildman–Crippen LogP) is 2.09. The van der Waals surface area contributed by atoms with Crippen LogP contribution < -0.4 is 14.8 Å². The van der Waals surface area contributed by atoms with Crippen molar-refractivity contribution in [2.75, 3.05) is 14.2 Å². The molecular formula is C21H22N6O3. The second-order valence-corrected chi connectivity index (χ2v) is 6.78. The first-order valence-electron chi connectivity index (χ1n) is 9.37. The van der Waals surface area contributed by atoms with E-state index in [1.54, 1.807) is 31.2 Å². The van der Waals surface area contributed by atoms with Crippen molar-refractivity contribution >= 4 is 16.9 Å². The Hall–Kier alpha value is -3.88. The smallest absolute Gasteiger partial charge is 0.242 e. The molecule has 1 amide bonds. The zero-order valence-corrected chi connectivity index (χ0v) is 16.9. The first kappa shape index (κ1) is 19.4. The summed E-state index contributed by atoms with van der Waals surface area (Å²) in [5, 5.41) is 11.3. The molecule has 0 fully saturated rings. The Morgan fingerprint density at radius 3 is 2.53 bits per heavy atom. The fourth-order valence-corrected chi connectivity index (χ4v) is 3.33. The number of aryl methyl sites for hydroxylation is 1. The molecule has 0 saturated carbocycles. The molecule has 0 aliphatic carbocycles. The van der Waals surface area contributed by atoms with Gasteiger partial charge in [0.1, 0.15) is 35.4 Å². The highest BCUT2D eigenvalue weighted by molar-refractivity contribution is 5.80. The Morgan fingerprint density at radius 2 is 1.87 bits per heavy atom. The highest BCUT2D eigenvalue weighted by Gasteiger charge is 2.23. The van der Waals surface area contributed by atoms with Crippen LogP contribution in [0, 0.1) is 0 Å². The number of hydrogen-bond donors (Lipinski definition) is 1. The van der Waals surface area contributed by atoms with Gasteiger partial charge in [-0.15, -0.1) is 5.10 Å². The lowest BCUT2D eigenvalue weighted by atomic mass is 10.0. The molecule has 154 valence electrons. The number of benzene rings is 2. The molecule has 9 heteroatoms. The van der Waals surface area contributed by atoms with E-state index < -0.39 is 6.04 Å². The summed E-state index contributed by atoms with van der Waals surface area (Å²) in [6.07, 6.45) is 3.52. The van der Waals surface area contributed by atoms with E-state index in [0.717, 1.165) is 16.6 Å². The summed E-state index contributed by atoms with van der Waals surface area (Å²) < 4.78 is 14.2. The van der Waals surface area contributed by atoms with Crippen LogP contribution in [0.3, 0.4) is 0 Å². The lowest BCUT2D eigenvalue weighted by molar-refractivity contribution is -0.122. The SMILES string of the molecule is COc1cc(OC)cc(C(NC(=O)Cn2nnc3ccccc32)c2nccn2C)c1. The lowest BCUT2D eigenvalue weighted by Gasteiger charge is -2.20. The number of imidazole rings is 1. The molecule has 1 N–H and O–H groups in total. The van der Waals surface area contributed by atoms with Crippen LogP contribution in [0.4, 0.5) is 0 Å². The molecule has 30 heavy (non-hydrogen) atoms. The summed E-state index contributed by atoms with van der Waals surface area (Å²) in [5.41, 5.74) is 2.32. The quantitative estimate of drug-likeness (QED) is 0.505. The van der Waals surface area contributed by atoms with Gasteiger partial charge in [-0.05, 0) is 29.8 Å². The average molecular weight is 406 g/mol. The summed E-state index contributed by atoms with van der Waals surface area (Å²) in [6.45, 7) is 0.0303. The molecule has 1 unspecified atom stereocenters. The highest BCUT2D eigenvalue weighted by Crippen LogP contribution is 2.29. The highest BCUT2D eigenvalue weighted by atomic mass is 16.5. The standard InChI is InChI=1S/C21H22N6O3/c1-26-9-8-22-21(26)20(14-10-15(29-2)12-16(11-14)30-3)23-19(28)13-27-18-7-5-4-6-17(18)24-25-27/h4-12,20H,13H2,1-3H3,(H,23,28). The minimum atomic E-state index is -0.503. The molecule has 0 saturated heterocycles. The number of para-hydroxylation sites is 1. The van der Waals surface area contributed by atoms with Crippen molar-refractivity contribution in [2.24, 2.45) is 7.05 Å². The summed E-state index contributed by atoms with van der Waals surface area (Å²) in [4.78, 5) is 17.4. The molecule has 0 aliphatic heterocycles. The minimum absolute atomic E-state index is 0.0303. The number of methoxy groups -OCH3 is 2. The Bertz CT molecular complexity index is 1160. The molecule has 0 aliphatic rings. The maximum atomic E-state index is 13.0. The van der Waals surface area contributed by atoms with Crippen molar-refractivity contribution in [3.05, 3.63) is 66.2 Å². The molecule has 2 aromatic heterocycles. The van der Waals surface area contributed by atoms with Crippen molar-refractivity contribution in [1.82, 2.24) is 29.9 Å². The van der Waals surface area contributed by atoms with Crippen LogP contribution in [0.1, 0.15) is 17.4 Å². The molecule has 4 rings (SSSR count). The van der Waals surface area contributed by atoms with E-state index in [4.69, 9.17) is 9.47 Å². The van der Waals surface area contributed by atoms with Crippen molar-refractivity contribution < 1.29 is 14.3 Å². The topological polar surface area (TPSA) is 96.1 Å². The van der Waals surface area contributed by atoms with Crippen LogP contribution >= 0.6 is 0 Å². The average Bonchev–Trinajstić information content (AvgIpc) is 3.38. The summed E-state index contributed by atoms with van der Waals surface area (Å²) in [5.74, 6) is 1.71. The van der Waals surface area contributed by atoms with E-state index >= 15 is 0 Å². The molecule has 2 heterocycles. The van der Waals surface area contributed by atoms with E-state index in [1.807, 2.05) is 54.2 Å². The van der Waals surface area contributed by atoms with Gasteiger partial charge in [-0.25, -0.2) is 9.67 Å². The monoisotopic (exact) mass is 406 g/mol. The van der Waals surface area contributed by atoms with Gasteiger partial charge >= 0.3 is 0 Å². The van der Waals surface area contributed by atoms with Gasteiger partial charge in [0, 0.05) is 25.5 Å². The second-order valence-electron chi connectivity index (χ2n) is 6.78. The summed E-state index contributed by atoms with van der Waals surface area (Å²) in [6, 6.07) is 12.5. The van der Waals surface area contributed by atoms with Crippen molar-refractivity contribution in [1.29, 1.82) is 0 Å². The Balaban J connectivity index is 1.66. The molecule has 1 atom stereocenters. The Kier molecular flexibility index (Phi) is 5.34. The van der Waals surface area contributed by atoms with Gasteiger partial charge in [-0.1, -0.05) is 17.3 Å². The van der Waals surface area contributed by atoms with Gasteiger partial charge in [-0.3, -0.25) is 4.79 Å². The first-order valence-corrected chi connectivity index (χ1v) is 9.37. The number of ether oxygens (including phenoxy) is 2. The molecule has 0 spiro atoms. The van der Waals surface area contributed by atoms with E-state index in [1.165, 1.54) is 0 Å². The van der Waals surface area contributed by atoms with Crippen LogP contribution in [-0.2, 0) is 18.4 Å². The predicted molar refractivity (Wildman–Crippen MR) is 110 cm³/mol. The molecule has 2 aromatic carbocycles. The number of aromatic nitrogens is 5. The van der Waals surface area contributed by atoms with Crippen molar-refractivity contribution in [2.45, 2.75) is 12.6 Å². The number of nitrogens with one attached hydrogen (secondary N) is 1. The Labute approximate surface area is 173 Å². The number of rotatable bonds is 7. The molecular weight excluding hydrogens is 384 g/mol. The van der Waals surface area contributed by atoms with E-state index in [-0.39, 0.29) is 12.5 Å². The van der Waals surface area contributed by atoms with Gasteiger partial charge in [0.2, 0.25) is 5.91 Å². The third kappa shape index (κ3) is 3.82. The van der Waals surface area contributed by atoms with Crippen LogP contribution in [0.5, 0.6) is 11.5 Å². The number of fused-ring (bicyclic) bond motifs is 1. The van der Waals surface area contributed by atoms with Gasteiger partial charge in [0.25, 0.3) is 0 Å². The van der Waals surface area contributed by atoms with Crippen LogP contribution in [0.15, 0.2) is 54.9 Å². The number of amides is 1. The van der Waals surface area contributed by atoms with Crippen molar-refractivity contribution in [3.8, 4) is 11.5 Å². The van der Waals surface area contributed by atoms with E-state index in [2.05, 4.69) is 20.6 Å². The van der Waals surface area contributed by atoms with Gasteiger partial charge in [-0.2, -0.15) is 0 Å². The molecule has 4 aromatic rings. The van der Waals surface area contributed by atoms with Gasteiger partial charge in [0.05, 0.1) is 19.7 Å². The first-order chi connectivity index (χ1) is 14.6. The van der Waals surface area contributed by atoms with Crippen LogP contribution in [0.25, 0.3) is 11.0 Å². The maximum Gasteiger partial charge on any atom is 0.242 e. The summed E-state index contributed by atoms with van der Waals surface area (Å²) >= 11 is 0. The fourth-order valence-electron chi connectivity index (χ4n) is 3.33. The van der Waals surface area contributed by atoms with Crippen molar-refractivity contribution in [3.63, 3.8) is 0 Å². The lowest BCUT2D eigenvalue weighted by Crippen LogP contribution is -2.34. The second kappa shape index (κ2) is 8.24. The number of nitrogens with zero attached hydrogens (tertiary/aromatic N) is 5. The molecule has 0 radical (unpaired) electrons. The third-order valence-corrected chi connectivity index (χ3v) is 4.84. The zero-order chi connectivity index (χ0) is 21.1. The van der Waals surface area contributed by atoms with E-state index in [0.29, 0.717) is 17.3 Å². The number of hydrogen-bond acceptors (Lipinski definition) is 6. The van der Waals surface area contributed by atoms with E-state index in [9.17, 15) is 4.79 Å². The van der Waals surface area contributed by atoms with Gasteiger partial charge < -0.3 is 19.4 Å². The van der Waals surface area contributed by atoms with Crippen LogP contribution in [-0.4, -0.2) is 44.7 Å². The van der Waals surface area contributed by atoms with Crippen LogP contribution in [0.2, 0.25) is 0 Å². The largest absolute Gasteiger partial charge is 0.497 e.